The number of anilines is 1. The van der Waals surface area contributed by atoms with Gasteiger partial charge in [0, 0.05) is 11.6 Å². The van der Waals surface area contributed by atoms with Crippen molar-refractivity contribution in [2.75, 3.05) is 18.0 Å². The first kappa shape index (κ1) is 18.3. The molecule has 1 aromatic carbocycles. The van der Waals surface area contributed by atoms with Crippen LogP contribution in [0.2, 0.25) is 10.0 Å². The second kappa shape index (κ2) is 8.17. The summed E-state index contributed by atoms with van der Waals surface area (Å²) in [6, 6.07) is 4.25. The molecular formula is C16H17Cl2N3O3. The molecular weight excluding hydrogens is 353 g/mol. The first-order chi connectivity index (χ1) is 11.4. The van der Waals surface area contributed by atoms with Crippen LogP contribution in [0.5, 0.6) is 0 Å². The monoisotopic (exact) mass is 369 g/mol. The summed E-state index contributed by atoms with van der Waals surface area (Å²) in [7, 11) is 0. The largest absolute Gasteiger partial charge is 0.344 e. The Kier molecular flexibility index (Phi) is 6.23. The summed E-state index contributed by atoms with van der Waals surface area (Å²) in [5.74, 6) is -1.13. The maximum absolute atomic E-state index is 12.6. The molecule has 2 rings (SSSR count). The molecule has 1 atom stereocenters. The van der Waals surface area contributed by atoms with Gasteiger partial charge >= 0.3 is 0 Å². The van der Waals surface area contributed by atoms with Gasteiger partial charge in [0.05, 0.1) is 17.3 Å². The molecule has 0 radical (unpaired) electrons. The maximum atomic E-state index is 12.6. The molecule has 1 aliphatic heterocycles. The Labute approximate surface area is 149 Å². The molecule has 1 aromatic rings. The zero-order valence-electron chi connectivity index (χ0n) is 12.9. The van der Waals surface area contributed by atoms with E-state index in [9.17, 15) is 14.4 Å². The van der Waals surface area contributed by atoms with Gasteiger partial charge in [0.15, 0.2) is 0 Å². The van der Waals surface area contributed by atoms with Crippen molar-refractivity contribution >= 4 is 46.6 Å². The van der Waals surface area contributed by atoms with Crippen LogP contribution < -0.4 is 15.5 Å². The summed E-state index contributed by atoms with van der Waals surface area (Å²) in [6.45, 7) is 3.60. The normalized spacial score (nSPS) is 17.3. The minimum Gasteiger partial charge on any atom is -0.344 e. The smallest absolute Gasteiger partial charge is 0.249 e. The fraction of sp³-hybridized carbons (Fsp3) is 0.312. The van der Waals surface area contributed by atoms with E-state index in [1.807, 2.05) is 0 Å². The Morgan fingerprint density at radius 3 is 2.79 bits per heavy atom. The molecule has 1 unspecified atom stereocenters. The van der Waals surface area contributed by atoms with Crippen LogP contribution in [0.15, 0.2) is 30.9 Å². The number of hydrogen-bond acceptors (Lipinski definition) is 3. The molecule has 0 saturated carbocycles. The van der Waals surface area contributed by atoms with Crippen molar-refractivity contribution in [2.24, 2.45) is 0 Å². The number of rotatable bonds is 5. The number of nitrogens with one attached hydrogen (secondary N) is 2. The fourth-order valence-electron chi connectivity index (χ4n) is 2.43. The summed E-state index contributed by atoms with van der Waals surface area (Å²) in [6.07, 6.45) is 2.32. The lowest BCUT2D eigenvalue weighted by molar-refractivity contribution is -0.128. The summed E-state index contributed by atoms with van der Waals surface area (Å²) < 4.78 is 0. The average Bonchev–Trinajstić information content (AvgIpc) is 2.55. The van der Waals surface area contributed by atoms with Crippen LogP contribution in [0, 0.1) is 0 Å². The molecule has 2 N–H and O–H groups in total. The van der Waals surface area contributed by atoms with Crippen LogP contribution in [0.4, 0.5) is 5.69 Å². The van der Waals surface area contributed by atoms with Gasteiger partial charge in [-0.15, -0.1) is 0 Å². The van der Waals surface area contributed by atoms with Crippen molar-refractivity contribution in [3.05, 3.63) is 40.9 Å². The first-order valence-corrected chi connectivity index (χ1v) is 8.14. The molecule has 24 heavy (non-hydrogen) atoms. The van der Waals surface area contributed by atoms with Gasteiger partial charge in [0.25, 0.3) is 0 Å². The predicted molar refractivity (Wildman–Crippen MR) is 93.2 cm³/mol. The van der Waals surface area contributed by atoms with Crippen LogP contribution in [0.25, 0.3) is 0 Å². The first-order valence-electron chi connectivity index (χ1n) is 7.38. The van der Waals surface area contributed by atoms with Gasteiger partial charge in [-0.2, -0.15) is 0 Å². The molecule has 1 heterocycles. The lowest BCUT2D eigenvalue weighted by Gasteiger charge is -2.33. The zero-order chi connectivity index (χ0) is 17.7. The number of amides is 3. The van der Waals surface area contributed by atoms with E-state index >= 15 is 0 Å². The highest BCUT2D eigenvalue weighted by Gasteiger charge is 2.31. The van der Waals surface area contributed by atoms with E-state index in [1.54, 1.807) is 18.2 Å². The second-order valence-electron chi connectivity index (χ2n) is 5.27. The Morgan fingerprint density at radius 2 is 2.12 bits per heavy atom. The lowest BCUT2D eigenvalue weighted by Crippen LogP contribution is -2.54. The van der Waals surface area contributed by atoms with Crippen LogP contribution in [0.3, 0.4) is 0 Å². The number of piperidine rings is 1. The number of nitrogens with zero attached hydrogens (tertiary/aromatic N) is 1. The summed E-state index contributed by atoms with van der Waals surface area (Å²) in [4.78, 5) is 37.1. The van der Waals surface area contributed by atoms with E-state index in [0.29, 0.717) is 35.1 Å². The van der Waals surface area contributed by atoms with Gasteiger partial charge < -0.3 is 15.5 Å². The van der Waals surface area contributed by atoms with Gasteiger partial charge in [-0.05, 0) is 37.1 Å². The third-order valence-corrected chi connectivity index (χ3v) is 4.12. The van der Waals surface area contributed by atoms with Crippen molar-refractivity contribution < 1.29 is 14.4 Å². The standard InChI is InChI=1S/C16H17Cl2N3O3/c1-2-14(22)19-9-15(23)20-12-4-3-7-21(16(12)24)13-6-5-10(17)8-11(13)18/h2,5-6,8,12H,1,3-4,7,9H2,(H,19,22)(H,20,23). The van der Waals surface area contributed by atoms with Crippen molar-refractivity contribution in [2.45, 2.75) is 18.9 Å². The van der Waals surface area contributed by atoms with E-state index < -0.39 is 17.9 Å². The Hall–Kier alpha value is -2.05. The van der Waals surface area contributed by atoms with E-state index in [0.717, 1.165) is 6.08 Å². The quantitative estimate of drug-likeness (QED) is 0.778. The molecule has 3 amide bonds. The molecule has 0 aliphatic carbocycles. The SMILES string of the molecule is C=CC(=O)NCC(=O)NC1CCCN(c2ccc(Cl)cc2Cl)C1=O. The van der Waals surface area contributed by atoms with Crippen molar-refractivity contribution in [1.82, 2.24) is 10.6 Å². The van der Waals surface area contributed by atoms with Crippen LogP contribution in [-0.2, 0) is 14.4 Å². The van der Waals surface area contributed by atoms with Gasteiger partial charge in [-0.1, -0.05) is 29.8 Å². The van der Waals surface area contributed by atoms with Gasteiger partial charge in [-0.25, -0.2) is 0 Å². The molecule has 1 aliphatic rings. The third-order valence-electron chi connectivity index (χ3n) is 3.58. The lowest BCUT2D eigenvalue weighted by atomic mass is 10.0. The third kappa shape index (κ3) is 4.49. The number of halogens is 2. The molecule has 128 valence electrons. The van der Waals surface area contributed by atoms with Crippen LogP contribution in [0.1, 0.15) is 12.8 Å². The summed E-state index contributed by atoms with van der Waals surface area (Å²) in [5.41, 5.74) is 0.560. The Morgan fingerprint density at radius 1 is 1.38 bits per heavy atom. The van der Waals surface area contributed by atoms with Crippen LogP contribution in [-0.4, -0.2) is 36.9 Å². The number of carbonyl (C=O) groups is 3. The van der Waals surface area contributed by atoms with Crippen molar-refractivity contribution in [3.63, 3.8) is 0 Å². The minimum absolute atomic E-state index is 0.212. The van der Waals surface area contributed by atoms with E-state index in [-0.39, 0.29) is 12.5 Å². The Balaban J connectivity index is 2.03. The molecule has 8 heteroatoms. The summed E-state index contributed by atoms with van der Waals surface area (Å²) in [5, 5.41) is 5.85. The summed E-state index contributed by atoms with van der Waals surface area (Å²) >= 11 is 12.0. The van der Waals surface area contributed by atoms with Gasteiger partial charge in [0.1, 0.15) is 6.04 Å². The van der Waals surface area contributed by atoms with Crippen molar-refractivity contribution in [1.29, 1.82) is 0 Å². The fourth-order valence-corrected chi connectivity index (χ4v) is 2.94. The number of hydrogen-bond donors (Lipinski definition) is 2. The average molecular weight is 370 g/mol. The highest BCUT2D eigenvalue weighted by molar-refractivity contribution is 6.36. The van der Waals surface area contributed by atoms with E-state index in [1.165, 1.54) is 4.90 Å². The number of benzene rings is 1. The Bertz CT molecular complexity index is 679. The van der Waals surface area contributed by atoms with Crippen LogP contribution >= 0.6 is 23.2 Å². The molecule has 6 nitrogen and oxygen atoms in total. The zero-order valence-corrected chi connectivity index (χ0v) is 14.4. The molecule has 0 spiro atoms. The van der Waals surface area contributed by atoms with Gasteiger partial charge in [0.2, 0.25) is 17.7 Å². The van der Waals surface area contributed by atoms with Crippen molar-refractivity contribution in [3.8, 4) is 0 Å². The van der Waals surface area contributed by atoms with Gasteiger partial charge in [-0.3, -0.25) is 14.4 Å². The number of carbonyl (C=O) groups excluding carboxylic acids is 3. The maximum Gasteiger partial charge on any atom is 0.249 e. The predicted octanol–water partition coefficient (Wildman–Crippen LogP) is 1.91. The minimum atomic E-state index is -0.654. The highest BCUT2D eigenvalue weighted by Crippen LogP contribution is 2.31. The van der Waals surface area contributed by atoms with E-state index in [2.05, 4.69) is 17.2 Å². The molecule has 1 fully saturated rings. The molecule has 1 saturated heterocycles. The van der Waals surface area contributed by atoms with E-state index in [4.69, 9.17) is 23.2 Å². The molecule has 0 bridgehead atoms. The second-order valence-corrected chi connectivity index (χ2v) is 6.11. The topological polar surface area (TPSA) is 78.5 Å². The molecule has 0 aromatic heterocycles. The highest BCUT2D eigenvalue weighted by atomic mass is 35.5.